The number of hydrogen-bond acceptors (Lipinski definition) is 3. The number of aryl methyl sites for hydroxylation is 1. The van der Waals surface area contributed by atoms with E-state index in [0.29, 0.717) is 0 Å². The molecule has 0 radical (unpaired) electrons. The molecule has 30 heavy (non-hydrogen) atoms. The van der Waals surface area contributed by atoms with Crippen LogP contribution in [0.1, 0.15) is 43.4 Å². The van der Waals surface area contributed by atoms with Crippen LogP contribution in [0.15, 0.2) is 48.5 Å². The Labute approximate surface area is 182 Å². The molecule has 1 fully saturated rings. The molecule has 1 aliphatic heterocycles. The molecule has 0 unspecified atom stereocenters. The molecule has 0 bridgehead atoms. The number of nitrogens with zero attached hydrogens (tertiary/aromatic N) is 2. The van der Waals surface area contributed by atoms with Crippen LogP contribution in [-0.2, 0) is 17.8 Å². The van der Waals surface area contributed by atoms with E-state index in [2.05, 4.69) is 65.4 Å². The maximum Gasteiger partial charge on any atom is 0.221 e. The highest BCUT2D eigenvalue weighted by Crippen LogP contribution is 2.21. The molecule has 1 N–H and O–H groups in total. The summed E-state index contributed by atoms with van der Waals surface area (Å²) in [6, 6.07) is 17.0. The molecule has 162 valence electrons. The van der Waals surface area contributed by atoms with Gasteiger partial charge >= 0.3 is 0 Å². The van der Waals surface area contributed by atoms with E-state index in [-0.39, 0.29) is 5.91 Å². The summed E-state index contributed by atoms with van der Waals surface area (Å²) in [5, 5.41) is 2.84. The zero-order valence-corrected chi connectivity index (χ0v) is 18.9. The van der Waals surface area contributed by atoms with Gasteiger partial charge in [0.15, 0.2) is 0 Å². The highest BCUT2D eigenvalue weighted by atomic mass is 16.1. The smallest absolute Gasteiger partial charge is 0.221 e. The Bertz CT molecular complexity index is 794. The van der Waals surface area contributed by atoms with Crippen LogP contribution in [0.2, 0.25) is 0 Å². The molecule has 0 atom stereocenters. The standard InChI is InChI=1S/C26H37N3O/c1-4-28(19-23-9-11-26(12-10-23)27-22(3)30)20-24-13-16-29(17-14-24)18-15-25-8-6-5-7-21(25)2/h5-12,24H,4,13-20H2,1-3H3,(H,27,30). The number of likely N-dealkylation sites (tertiary alicyclic amines) is 1. The second kappa shape index (κ2) is 11.3. The number of rotatable bonds is 9. The summed E-state index contributed by atoms with van der Waals surface area (Å²) in [5.41, 5.74) is 5.08. The summed E-state index contributed by atoms with van der Waals surface area (Å²) >= 11 is 0. The van der Waals surface area contributed by atoms with Crippen LogP contribution < -0.4 is 5.32 Å². The molecule has 1 saturated heterocycles. The molecule has 1 heterocycles. The first-order chi connectivity index (χ1) is 14.5. The average Bonchev–Trinajstić information content (AvgIpc) is 2.74. The zero-order valence-electron chi connectivity index (χ0n) is 18.9. The second-order valence-electron chi connectivity index (χ2n) is 8.67. The highest BCUT2D eigenvalue weighted by molar-refractivity contribution is 5.88. The number of piperidine rings is 1. The van der Waals surface area contributed by atoms with Gasteiger partial charge in [-0.1, -0.05) is 43.3 Å². The van der Waals surface area contributed by atoms with Gasteiger partial charge in [0.25, 0.3) is 0 Å². The van der Waals surface area contributed by atoms with Crippen LogP contribution in [0.3, 0.4) is 0 Å². The molecule has 0 spiro atoms. The number of amides is 1. The molecule has 1 aliphatic rings. The first-order valence-electron chi connectivity index (χ1n) is 11.4. The van der Waals surface area contributed by atoms with Crippen molar-refractivity contribution in [3.05, 3.63) is 65.2 Å². The molecule has 4 nitrogen and oxygen atoms in total. The van der Waals surface area contributed by atoms with E-state index >= 15 is 0 Å². The third-order valence-corrected chi connectivity index (χ3v) is 6.31. The average molecular weight is 408 g/mol. The summed E-state index contributed by atoms with van der Waals surface area (Å²) in [6.07, 6.45) is 3.75. The Balaban J connectivity index is 1.41. The SMILES string of the molecule is CCN(Cc1ccc(NC(C)=O)cc1)CC1CCN(CCc2ccccc2C)CC1. The van der Waals surface area contributed by atoms with Gasteiger partial charge in [0.05, 0.1) is 0 Å². The van der Waals surface area contributed by atoms with Crippen LogP contribution >= 0.6 is 0 Å². The van der Waals surface area contributed by atoms with Crippen molar-refractivity contribution in [2.45, 2.75) is 46.6 Å². The van der Waals surface area contributed by atoms with Crippen molar-refractivity contribution in [2.24, 2.45) is 5.92 Å². The number of hydrogen-bond donors (Lipinski definition) is 1. The molecule has 2 aromatic rings. The minimum Gasteiger partial charge on any atom is -0.326 e. The van der Waals surface area contributed by atoms with E-state index < -0.39 is 0 Å². The predicted octanol–water partition coefficient (Wildman–Crippen LogP) is 4.73. The lowest BCUT2D eigenvalue weighted by Gasteiger charge is -2.34. The van der Waals surface area contributed by atoms with E-state index in [0.717, 1.165) is 31.1 Å². The maximum absolute atomic E-state index is 11.2. The monoisotopic (exact) mass is 407 g/mol. The van der Waals surface area contributed by atoms with Crippen molar-refractivity contribution < 1.29 is 4.79 Å². The fourth-order valence-corrected chi connectivity index (χ4v) is 4.39. The third kappa shape index (κ3) is 6.96. The minimum absolute atomic E-state index is 0.0248. The van der Waals surface area contributed by atoms with Crippen molar-refractivity contribution in [2.75, 3.05) is 38.0 Å². The molecule has 2 aromatic carbocycles. The topological polar surface area (TPSA) is 35.6 Å². The largest absolute Gasteiger partial charge is 0.326 e. The van der Waals surface area contributed by atoms with Crippen LogP contribution in [0.5, 0.6) is 0 Å². The first kappa shape index (κ1) is 22.5. The number of nitrogens with one attached hydrogen (secondary N) is 1. The number of carbonyl (C=O) groups excluding carboxylic acids is 1. The summed E-state index contributed by atoms with van der Waals surface area (Å²) in [7, 11) is 0. The van der Waals surface area contributed by atoms with E-state index in [1.807, 2.05) is 12.1 Å². The van der Waals surface area contributed by atoms with Crippen molar-refractivity contribution in [3.63, 3.8) is 0 Å². The Morgan fingerprint density at radius 3 is 2.43 bits per heavy atom. The fourth-order valence-electron chi connectivity index (χ4n) is 4.39. The molecular weight excluding hydrogens is 370 g/mol. The Hall–Kier alpha value is -2.17. The van der Waals surface area contributed by atoms with Gasteiger partial charge in [-0.25, -0.2) is 0 Å². The zero-order chi connectivity index (χ0) is 21.3. The molecule has 1 amide bonds. The van der Waals surface area contributed by atoms with E-state index in [1.165, 1.54) is 55.7 Å². The van der Waals surface area contributed by atoms with Crippen LogP contribution in [0.25, 0.3) is 0 Å². The van der Waals surface area contributed by atoms with Crippen molar-refractivity contribution in [1.82, 2.24) is 9.80 Å². The lowest BCUT2D eigenvalue weighted by molar-refractivity contribution is -0.114. The Kier molecular flexibility index (Phi) is 8.47. The summed E-state index contributed by atoms with van der Waals surface area (Å²) < 4.78 is 0. The predicted molar refractivity (Wildman–Crippen MR) is 126 cm³/mol. The van der Waals surface area contributed by atoms with Crippen LogP contribution in [-0.4, -0.2) is 48.4 Å². The van der Waals surface area contributed by atoms with E-state index in [9.17, 15) is 4.79 Å². The van der Waals surface area contributed by atoms with Gasteiger partial charge in [0.1, 0.15) is 0 Å². The molecule has 0 aliphatic carbocycles. The first-order valence-corrected chi connectivity index (χ1v) is 11.4. The Morgan fingerprint density at radius 1 is 1.10 bits per heavy atom. The second-order valence-corrected chi connectivity index (χ2v) is 8.67. The molecule has 3 rings (SSSR count). The van der Waals surface area contributed by atoms with Gasteiger partial charge in [-0.15, -0.1) is 0 Å². The van der Waals surface area contributed by atoms with Gasteiger partial charge in [0, 0.05) is 32.2 Å². The maximum atomic E-state index is 11.2. The van der Waals surface area contributed by atoms with Gasteiger partial charge in [-0.3, -0.25) is 9.69 Å². The minimum atomic E-state index is -0.0248. The molecular formula is C26H37N3O. The number of carbonyl (C=O) groups is 1. The number of benzene rings is 2. The molecule has 0 saturated carbocycles. The van der Waals surface area contributed by atoms with Crippen molar-refractivity contribution >= 4 is 11.6 Å². The fraction of sp³-hybridized carbons (Fsp3) is 0.500. The summed E-state index contributed by atoms with van der Waals surface area (Å²) in [4.78, 5) is 16.4. The number of anilines is 1. The summed E-state index contributed by atoms with van der Waals surface area (Å²) in [5.74, 6) is 0.765. The normalized spacial score (nSPS) is 15.5. The van der Waals surface area contributed by atoms with Crippen LogP contribution in [0.4, 0.5) is 5.69 Å². The highest BCUT2D eigenvalue weighted by Gasteiger charge is 2.21. The van der Waals surface area contributed by atoms with E-state index in [1.54, 1.807) is 6.92 Å². The quantitative estimate of drug-likeness (QED) is 0.653. The van der Waals surface area contributed by atoms with Gasteiger partial charge in [-0.2, -0.15) is 0 Å². The van der Waals surface area contributed by atoms with Gasteiger partial charge in [0.2, 0.25) is 5.91 Å². The van der Waals surface area contributed by atoms with Crippen molar-refractivity contribution in [1.29, 1.82) is 0 Å². The third-order valence-electron chi connectivity index (χ3n) is 6.31. The lowest BCUT2D eigenvalue weighted by Crippen LogP contribution is -2.39. The summed E-state index contributed by atoms with van der Waals surface area (Å²) in [6.45, 7) is 12.9. The molecule has 4 heteroatoms. The van der Waals surface area contributed by atoms with Crippen LogP contribution in [0, 0.1) is 12.8 Å². The Morgan fingerprint density at radius 2 is 1.80 bits per heavy atom. The van der Waals surface area contributed by atoms with Crippen molar-refractivity contribution in [3.8, 4) is 0 Å². The van der Waals surface area contributed by atoms with Gasteiger partial charge < -0.3 is 10.2 Å². The van der Waals surface area contributed by atoms with Gasteiger partial charge in [-0.05, 0) is 80.6 Å². The molecule has 0 aromatic heterocycles. The van der Waals surface area contributed by atoms with E-state index in [4.69, 9.17) is 0 Å². The lowest BCUT2D eigenvalue weighted by atomic mass is 9.95.